The van der Waals surface area contributed by atoms with Crippen LogP contribution in [0.25, 0.3) is 5.69 Å². The second-order valence-corrected chi connectivity index (χ2v) is 7.78. The lowest BCUT2D eigenvalue weighted by molar-refractivity contribution is -0.137. The van der Waals surface area contributed by atoms with Crippen molar-refractivity contribution in [1.82, 2.24) is 9.78 Å². The Morgan fingerprint density at radius 2 is 1.76 bits per heavy atom. The van der Waals surface area contributed by atoms with Gasteiger partial charge in [-0.3, -0.25) is 9.59 Å². The fourth-order valence-electron chi connectivity index (χ4n) is 4.10. The molecular weight excluding hydrogens is 451 g/mol. The Kier molecular flexibility index (Phi) is 5.99. The zero-order valence-electron chi connectivity index (χ0n) is 18.3. The number of anilines is 1. The average molecular weight is 471 g/mol. The highest BCUT2D eigenvalue weighted by molar-refractivity contribution is 6.06. The molecule has 1 amide bonds. The van der Waals surface area contributed by atoms with Gasteiger partial charge in [0.15, 0.2) is 5.69 Å². The van der Waals surface area contributed by atoms with Crippen molar-refractivity contribution < 1.29 is 27.5 Å². The van der Waals surface area contributed by atoms with E-state index < -0.39 is 34.7 Å². The maximum absolute atomic E-state index is 13.6. The molecule has 0 bridgehead atoms. The van der Waals surface area contributed by atoms with Gasteiger partial charge in [-0.1, -0.05) is 18.2 Å². The zero-order chi connectivity index (χ0) is 24.6. The maximum Gasteiger partial charge on any atom is 0.418 e. The van der Waals surface area contributed by atoms with Crippen LogP contribution in [0.3, 0.4) is 0 Å². The third kappa shape index (κ3) is 4.07. The molecule has 0 saturated carbocycles. The van der Waals surface area contributed by atoms with Crippen LogP contribution in [0.4, 0.5) is 18.9 Å². The van der Waals surface area contributed by atoms with Gasteiger partial charge in [0.1, 0.15) is 0 Å². The van der Waals surface area contributed by atoms with Crippen molar-refractivity contribution in [1.29, 1.82) is 0 Å². The smallest absolute Gasteiger partial charge is 0.418 e. The number of benzene rings is 2. The Hall–Kier alpha value is -3.95. The number of nitrogens with zero attached hydrogens (tertiary/aromatic N) is 3. The largest absolute Gasteiger partial charge is 0.465 e. The maximum atomic E-state index is 13.6. The van der Waals surface area contributed by atoms with E-state index in [4.69, 9.17) is 4.74 Å². The second kappa shape index (κ2) is 8.77. The summed E-state index contributed by atoms with van der Waals surface area (Å²) in [7, 11) is 1.25. The Labute approximate surface area is 192 Å². The SMILES string of the molecule is COC(=O)c1cccc2c1CCCN2C(=O)c1nn(-c2ccccc2C(F)(F)F)c(C)cc1=O. The number of halogens is 3. The molecule has 0 fully saturated rings. The standard InChI is InChI=1S/C24H20F3N3O4/c1-14-13-20(31)21(28-30(14)19-10-4-3-9-17(19)24(25,26)27)22(32)29-12-6-8-15-16(23(33)34-2)7-5-11-18(15)29/h3-5,7,9-11,13H,6,8,12H2,1-2H3. The molecule has 0 radical (unpaired) electrons. The van der Waals surface area contributed by atoms with E-state index >= 15 is 0 Å². The number of alkyl halides is 3. The fourth-order valence-corrected chi connectivity index (χ4v) is 4.10. The number of ether oxygens (including phenoxy) is 1. The molecule has 3 aromatic rings. The molecule has 2 heterocycles. The van der Waals surface area contributed by atoms with Gasteiger partial charge in [0.05, 0.1) is 23.9 Å². The number of carbonyl (C=O) groups is 2. The van der Waals surface area contributed by atoms with Crippen LogP contribution < -0.4 is 10.3 Å². The summed E-state index contributed by atoms with van der Waals surface area (Å²) in [6.07, 6.45) is -3.62. The molecule has 1 aliphatic rings. The molecule has 10 heteroatoms. The van der Waals surface area contributed by atoms with Crippen LogP contribution in [0.15, 0.2) is 53.3 Å². The first-order valence-corrected chi connectivity index (χ1v) is 10.4. The van der Waals surface area contributed by atoms with E-state index in [9.17, 15) is 27.6 Å². The summed E-state index contributed by atoms with van der Waals surface area (Å²) < 4.78 is 46.5. The van der Waals surface area contributed by atoms with Gasteiger partial charge in [-0.15, -0.1) is 0 Å². The lowest BCUT2D eigenvalue weighted by Gasteiger charge is -2.30. The summed E-state index contributed by atoms with van der Waals surface area (Å²) in [5.74, 6) is -1.31. The van der Waals surface area contributed by atoms with Crippen LogP contribution in [0, 0.1) is 6.92 Å². The third-order valence-electron chi connectivity index (χ3n) is 5.65. The number of esters is 1. The van der Waals surface area contributed by atoms with E-state index in [0.29, 0.717) is 29.7 Å². The van der Waals surface area contributed by atoms with Gasteiger partial charge < -0.3 is 9.64 Å². The first kappa shape index (κ1) is 23.2. The predicted molar refractivity (Wildman–Crippen MR) is 117 cm³/mol. The highest BCUT2D eigenvalue weighted by Gasteiger charge is 2.35. The molecule has 4 rings (SSSR count). The highest BCUT2D eigenvalue weighted by Crippen LogP contribution is 2.34. The molecule has 34 heavy (non-hydrogen) atoms. The van der Waals surface area contributed by atoms with Gasteiger partial charge in [0.25, 0.3) is 5.91 Å². The van der Waals surface area contributed by atoms with Crippen molar-refractivity contribution in [3.05, 3.63) is 86.8 Å². The summed E-state index contributed by atoms with van der Waals surface area (Å²) in [4.78, 5) is 39.6. The van der Waals surface area contributed by atoms with E-state index in [2.05, 4.69) is 5.10 Å². The number of rotatable bonds is 3. The molecule has 176 valence electrons. The summed E-state index contributed by atoms with van der Waals surface area (Å²) in [5.41, 5.74) is -0.978. The number of hydrogen-bond donors (Lipinski definition) is 0. The molecule has 1 aliphatic heterocycles. The molecule has 0 aliphatic carbocycles. The number of aromatic nitrogens is 2. The van der Waals surface area contributed by atoms with Crippen LogP contribution in [0.5, 0.6) is 0 Å². The third-order valence-corrected chi connectivity index (χ3v) is 5.65. The lowest BCUT2D eigenvalue weighted by Crippen LogP contribution is -2.40. The number of para-hydroxylation sites is 1. The van der Waals surface area contributed by atoms with Gasteiger partial charge in [-0.25, -0.2) is 9.48 Å². The second-order valence-electron chi connectivity index (χ2n) is 7.78. The van der Waals surface area contributed by atoms with Crippen LogP contribution in [-0.2, 0) is 17.3 Å². The molecule has 7 nitrogen and oxygen atoms in total. The van der Waals surface area contributed by atoms with Crippen molar-refractivity contribution in [2.45, 2.75) is 25.9 Å². The minimum absolute atomic E-state index is 0.144. The van der Waals surface area contributed by atoms with E-state index in [-0.39, 0.29) is 17.9 Å². The summed E-state index contributed by atoms with van der Waals surface area (Å²) in [6, 6.07) is 10.7. The number of carbonyl (C=O) groups excluding carboxylic acids is 2. The lowest BCUT2D eigenvalue weighted by atomic mass is 9.96. The van der Waals surface area contributed by atoms with Gasteiger partial charge in [-0.05, 0) is 49.6 Å². The molecule has 2 aromatic carbocycles. The van der Waals surface area contributed by atoms with Gasteiger partial charge in [-0.2, -0.15) is 18.3 Å². The Morgan fingerprint density at radius 1 is 1.06 bits per heavy atom. The van der Waals surface area contributed by atoms with Crippen LogP contribution in [0.1, 0.15) is 44.1 Å². The zero-order valence-corrected chi connectivity index (χ0v) is 18.3. The van der Waals surface area contributed by atoms with Crippen LogP contribution >= 0.6 is 0 Å². The number of hydrogen-bond acceptors (Lipinski definition) is 5. The summed E-state index contributed by atoms with van der Waals surface area (Å²) in [5, 5.41) is 4.06. The molecule has 0 saturated heterocycles. The van der Waals surface area contributed by atoms with Gasteiger partial charge in [0.2, 0.25) is 5.43 Å². The quantitative estimate of drug-likeness (QED) is 0.541. The Bertz CT molecular complexity index is 1350. The first-order chi connectivity index (χ1) is 16.1. The molecule has 0 N–H and O–H groups in total. The Morgan fingerprint density at radius 3 is 2.47 bits per heavy atom. The van der Waals surface area contributed by atoms with E-state index in [1.54, 1.807) is 18.2 Å². The fraction of sp³-hybridized carbons (Fsp3) is 0.250. The highest BCUT2D eigenvalue weighted by atomic mass is 19.4. The topological polar surface area (TPSA) is 81.5 Å². The van der Waals surface area contributed by atoms with Crippen LogP contribution in [0.2, 0.25) is 0 Å². The number of methoxy groups -OCH3 is 1. The monoisotopic (exact) mass is 471 g/mol. The van der Waals surface area contributed by atoms with Crippen molar-refractivity contribution >= 4 is 17.6 Å². The number of amides is 1. The van der Waals surface area contributed by atoms with E-state index in [0.717, 1.165) is 16.8 Å². The van der Waals surface area contributed by atoms with Crippen LogP contribution in [-0.4, -0.2) is 35.3 Å². The average Bonchev–Trinajstić information content (AvgIpc) is 2.82. The summed E-state index contributed by atoms with van der Waals surface area (Å²) >= 11 is 0. The Balaban J connectivity index is 1.83. The minimum atomic E-state index is -4.66. The van der Waals surface area contributed by atoms with Crippen molar-refractivity contribution in [2.75, 3.05) is 18.6 Å². The first-order valence-electron chi connectivity index (χ1n) is 10.4. The normalized spacial score (nSPS) is 13.4. The number of aryl methyl sites for hydroxylation is 1. The van der Waals surface area contributed by atoms with Crippen molar-refractivity contribution in [3.63, 3.8) is 0 Å². The minimum Gasteiger partial charge on any atom is -0.465 e. The molecule has 0 spiro atoms. The molecule has 1 aromatic heterocycles. The summed E-state index contributed by atoms with van der Waals surface area (Å²) in [6.45, 7) is 1.69. The van der Waals surface area contributed by atoms with Crippen molar-refractivity contribution in [2.24, 2.45) is 0 Å². The van der Waals surface area contributed by atoms with Gasteiger partial charge in [0, 0.05) is 24.0 Å². The molecule has 0 unspecified atom stereocenters. The van der Waals surface area contributed by atoms with Crippen molar-refractivity contribution in [3.8, 4) is 5.69 Å². The number of fused-ring (bicyclic) bond motifs is 1. The molecular formula is C24H20F3N3O4. The molecule has 0 atom stereocenters. The van der Waals surface area contributed by atoms with Gasteiger partial charge >= 0.3 is 12.1 Å². The van der Waals surface area contributed by atoms with E-state index in [1.807, 2.05) is 0 Å². The predicted octanol–water partition coefficient (Wildman–Crippen LogP) is 3.94. The van der Waals surface area contributed by atoms with E-state index in [1.165, 1.54) is 37.1 Å².